The molecule has 3 amide bonds. The number of carbonyl (C=O) groups excluding carboxylic acids is 3. The lowest BCUT2D eigenvalue weighted by Gasteiger charge is -2.13. The van der Waals surface area contributed by atoms with E-state index in [0.29, 0.717) is 26.5 Å². The molecule has 1 fully saturated rings. The molecule has 6 nitrogen and oxygen atoms in total. The lowest BCUT2D eigenvalue weighted by atomic mass is 10.2. The number of anilines is 1. The van der Waals surface area contributed by atoms with Crippen molar-refractivity contribution < 1.29 is 23.5 Å². The Hall–Kier alpha value is -3.14. The number of nitrogens with one attached hydrogen (secondary N) is 1. The summed E-state index contributed by atoms with van der Waals surface area (Å²) in [6.07, 6.45) is 1.58. The molecule has 0 aliphatic carbocycles. The number of imide groups is 1. The summed E-state index contributed by atoms with van der Waals surface area (Å²) in [7, 11) is 0. The van der Waals surface area contributed by atoms with Crippen molar-refractivity contribution in [1.82, 2.24) is 4.90 Å². The summed E-state index contributed by atoms with van der Waals surface area (Å²) < 4.78 is 19.5. The summed E-state index contributed by atoms with van der Waals surface area (Å²) in [5.74, 6) is -0.804. The highest BCUT2D eigenvalue weighted by Crippen LogP contribution is 2.34. The van der Waals surface area contributed by atoms with Gasteiger partial charge in [0.1, 0.15) is 24.7 Å². The number of aryl methyl sites for hydroxylation is 1. The van der Waals surface area contributed by atoms with Gasteiger partial charge in [-0.1, -0.05) is 35.9 Å². The lowest BCUT2D eigenvalue weighted by Crippen LogP contribution is -2.36. The van der Waals surface area contributed by atoms with Crippen molar-refractivity contribution in [3.05, 3.63) is 97.6 Å². The van der Waals surface area contributed by atoms with Crippen molar-refractivity contribution in [1.29, 1.82) is 0 Å². The molecule has 0 spiro atoms. The number of halogens is 3. The Labute approximate surface area is 224 Å². The number of carbonyl (C=O) groups is 3. The van der Waals surface area contributed by atoms with Gasteiger partial charge in [-0.05, 0) is 93.8 Å². The van der Waals surface area contributed by atoms with Gasteiger partial charge in [-0.3, -0.25) is 19.3 Å². The SMILES string of the molecule is Cc1ccc(NC(=O)CN2C(=O)S/C(=C\c3ccc(OCc4ccc(F)cc4)c(Br)c3)C2=O)cc1Cl. The van der Waals surface area contributed by atoms with Crippen LogP contribution in [0.3, 0.4) is 0 Å². The number of nitrogens with zero attached hydrogens (tertiary/aromatic N) is 1. The predicted molar refractivity (Wildman–Crippen MR) is 142 cm³/mol. The molecule has 0 atom stereocenters. The minimum Gasteiger partial charge on any atom is -0.488 e. The van der Waals surface area contributed by atoms with E-state index in [1.807, 2.05) is 6.92 Å². The predicted octanol–water partition coefficient (Wildman–Crippen LogP) is 6.80. The largest absolute Gasteiger partial charge is 0.488 e. The minimum absolute atomic E-state index is 0.207. The van der Waals surface area contributed by atoms with Crippen molar-refractivity contribution in [3.8, 4) is 5.75 Å². The number of hydrogen-bond donors (Lipinski definition) is 1. The quantitative estimate of drug-likeness (QED) is 0.307. The Kier molecular flexibility index (Phi) is 8.13. The van der Waals surface area contributed by atoms with Gasteiger partial charge in [-0.15, -0.1) is 0 Å². The van der Waals surface area contributed by atoms with Gasteiger partial charge in [0.05, 0.1) is 9.38 Å². The van der Waals surface area contributed by atoms with Crippen molar-refractivity contribution in [2.75, 3.05) is 11.9 Å². The van der Waals surface area contributed by atoms with Crippen molar-refractivity contribution in [2.45, 2.75) is 13.5 Å². The molecule has 0 radical (unpaired) electrons. The number of hydrogen-bond acceptors (Lipinski definition) is 5. The highest BCUT2D eigenvalue weighted by molar-refractivity contribution is 9.10. The fourth-order valence-electron chi connectivity index (χ4n) is 3.27. The minimum atomic E-state index is -0.546. The average molecular weight is 590 g/mol. The first kappa shape index (κ1) is 25.9. The van der Waals surface area contributed by atoms with Crippen LogP contribution in [0.25, 0.3) is 6.08 Å². The van der Waals surface area contributed by atoms with E-state index in [4.69, 9.17) is 16.3 Å². The standard InChI is InChI=1S/C26H19BrClFN2O4S/c1-15-2-8-19(12-21(15)28)30-24(32)13-31-25(33)23(36-26(31)34)11-17-5-9-22(20(27)10-17)35-14-16-3-6-18(29)7-4-16/h2-12H,13-14H2,1H3,(H,30,32)/b23-11-. The Morgan fingerprint density at radius 1 is 1.14 bits per heavy atom. The number of thioether (sulfide) groups is 1. The molecule has 184 valence electrons. The highest BCUT2D eigenvalue weighted by atomic mass is 79.9. The van der Waals surface area contributed by atoms with E-state index in [-0.39, 0.29) is 17.3 Å². The molecule has 10 heteroatoms. The van der Waals surface area contributed by atoms with E-state index < -0.39 is 23.6 Å². The van der Waals surface area contributed by atoms with E-state index >= 15 is 0 Å². The van der Waals surface area contributed by atoms with Gasteiger partial charge in [0.25, 0.3) is 11.1 Å². The first-order valence-electron chi connectivity index (χ1n) is 10.7. The average Bonchev–Trinajstić information content (AvgIpc) is 3.09. The van der Waals surface area contributed by atoms with Gasteiger partial charge >= 0.3 is 0 Å². The molecule has 3 aromatic carbocycles. The molecule has 1 heterocycles. The molecule has 0 bridgehead atoms. The summed E-state index contributed by atoms with van der Waals surface area (Å²) in [5.41, 5.74) is 2.82. The third-order valence-corrected chi connectivity index (χ3v) is 7.13. The summed E-state index contributed by atoms with van der Waals surface area (Å²) in [4.78, 5) is 38.7. The van der Waals surface area contributed by atoms with Crippen LogP contribution < -0.4 is 10.1 Å². The monoisotopic (exact) mass is 588 g/mol. The van der Waals surface area contributed by atoms with Crippen LogP contribution in [0.1, 0.15) is 16.7 Å². The molecule has 1 aliphatic rings. The second-order valence-electron chi connectivity index (χ2n) is 7.88. The van der Waals surface area contributed by atoms with Crippen LogP contribution in [0.2, 0.25) is 5.02 Å². The maximum absolute atomic E-state index is 13.0. The molecule has 0 saturated carbocycles. The molecule has 1 saturated heterocycles. The van der Waals surface area contributed by atoms with Gasteiger partial charge in [-0.2, -0.15) is 0 Å². The van der Waals surface area contributed by atoms with Gasteiger partial charge in [0.15, 0.2) is 0 Å². The number of rotatable bonds is 7. The molecule has 0 unspecified atom stereocenters. The zero-order valence-electron chi connectivity index (χ0n) is 18.9. The fourth-order valence-corrected chi connectivity index (χ4v) is 4.80. The van der Waals surface area contributed by atoms with Crippen LogP contribution in [0.5, 0.6) is 5.75 Å². The van der Waals surface area contributed by atoms with Crippen LogP contribution in [0.15, 0.2) is 70.0 Å². The fraction of sp³-hybridized carbons (Fsp3) is 0.115. The first-order valence-corrected chi connectivity index (χ1v) is 12.7. The third kappa shape index (κ3) is 6.34. The first-order chi connectivity index (χ1) is 17.2. The molecule has 3 aromatic rings. The smallest absolute Gasteiger partial charge is 0.294 e. The maximum Gasteiger partial charge on any atom is 0.294 e. The Balaban J connectivity index is 1.39. The van der Waals surface area contributed by atoms with E-state index in [1.54, 1.807) is 54.6 Å². The summed E-state index contributed by atoms with van der Waals surface area (Å²) in [6, 6.07) is 16.3. The number of benzene rings is 3. The molecular weight excluding hydrogens is 571 g/mol. The van der Waals surface area contributed by atoms with Crippen molar-refractivity contribution in [3.63, 3.8) is 0 Å². The molecule has 0 aromatic heterocycles. The van der Waals surface area contributed by atoms with E-state index in [2.05, 4.69) is 21.2 Å². The van der Waals surface area contributed by atoms with Crippen LogP contribution in [-0.2, 0) is 16.2 Å². The van der Waals surface area contributed by atoms with E-state index in [1.165, 1.54) is 12.1 Å². The van der Waals surface area contributed by atoms with Gasteiger partial charge in [0.2, 0.25) is 5.91 Å². The highest BCUT2D eigenvalue weighted by Gasteiger charge is 2.36. The zero-order valence-corrected chi connectivity index (χ0v) is 22.0. The second-order valence-corrected chi connectivity index (χ2v) is 10.1. The third-order valence-electron chi connectivity index (χ3n) is 5.19. The van der Waals surface area contributed by atoms with Crippen molar-refractivity contribution in [2.24, 2.45) is 0 Å². The summed E-state index contributed by atoms with van der Waals surface area (Å²) >= 11 is 10.3. The topological polar surface area (TPSA) is 75.7 Å². The zero-order chi connectivity index (χ0) is 25.8. The summed E-state index contributed by atoms with van der Waals surface area (Å²) in [5, 5.41) is 2.62. The lowest BCUT2D eigenvalue weighted by molar-refractivity contribution is -0.127. The maximum atomic E-state index is 13.0. The Morgan fingerprint density at radius 2 is 1.89 bits per heavy atom. The molecule has 36 heavy (non-hydrogen) atoms. The van der Waals surface area contributed by atoms with Crippen molar-refractivity contribution >= 4 is 68.1 Å². The van der Waals surface area contributed by atoms with Crippen LogP contribution in [0, 0.1) is 12.7 Å². The molecule has 1 aliphatic heterocycles. The van der Waals surface area contributed by atoms with Gasteiger partial charge in [0, 0.05) is 10.7 Å². The Morgan fingerprint density at radius 3 is 2.58 bits per heavy atom. The molecular formula is C26H19BrClFN2O4S. The van der Waals surface area contributed by atoms with Crippen LogP contribution >= 0.6 is 39.3 Å². The van der Waals surface area contributed by atoms with Crippen LogP contribution in [0.4, 0.5) is 14.9 Å². The molecule has 1 N–H and O–H groups in total. The Bertz CT molecular complexity index is 1380. The van der Waals surface area contributed by atoms with Crippen LogP contribution in [-0.4, -0.2) is 28.5 Å². The normalized spacial score (nSPS) is 14.4. The van der Waals surface area contributed by atoms with E-state index in [9.17, 15) is 18.8 Å². The van der Waals surface area contributed by atoms with Gasteiger partial charge in [-0.25, -0.2) is 4.39 Å². The molecule has 4 rings (SSSR count). The number of ether oxygens (including phenoxy) is 1. The van der Waals surface area contributed by atoms with E-state index in [0.717, 1.165) is 27.8 Å². The summed E-state index contributed by atoms with van der Waals surface area (Å²) in [6.45, 7) is 1.69. The number of amides is 3. The van der Waals surface area contributed by atoms with Gasteiger partial charge < -0.3 is 10.1 Å². The second kappa shape index (κ2) is 11.3.